The van der Waals surface area contributed by atoms with Gasteiger partial charge in [-0.25, -0.2) is 4.79 Å². The van der Waals surface area contributed by atoms with Gasteiger partial charge in [0, 0.05) is 0 Å². The largest absolute Gasteiger partial charge is 0.493 e. The fourth-order valence-corrected chi connectivity index (χ4v) is 3.12. The van der Waals surface area contributed by atoms with E-state index in [4.69, 9.17) is 9.57 Å². The van der Waals surface area contributed by atoms with E-state index >= 15 is 0 Å². The van der Waals surface area contributed by atoms with E-state index in [2.05, 4.69) is 0 Å². The van der Waals surface area contributed by atoms with E-state index in [-0.39, 0.29) is 11.1 Å². The zero-order valence-electron chi connectivity index (χ0n) is 17.2. The van der Waals surface area contributed by atoms with Crippen molar-refractivity contribution in [3.05, 3.63) is 64.7 Å². The molecule has 0 aliphatic carbocycles. The number of nitrogens with zero attached hydrogens (tertiary/aromatic N) is 1. The Morgan fingerprint density at radius 1 is 1.00 bits per heavy atom. The molecule has 6 heteroatoms. The van der Waals surface area contributed by atoms with E-state index in [1.54, 1.807) is 38.1 Å². The van der Waals surface area contributed by atoms with Gasteiger partial charge in [0.15, 0.2) is 0 Å². The molecule has 2 amide bonds. The molecule has 29 heavy (non-hydrogen) atoms. The zero-order chi connectivity index (χ0) is 21.2. The van der Waals surface area contributed by atoms with E-state index < -0.39 is 23.2 Å². The molecule has 0 N–H and O–H groups in total. The van der Waals surface area contributed by atoms with Crippen molar-refractivity contribution in [2.75, 3.05) is 6.61 Å². The third kappa shape index (κ3) is 4.31. The van der Waals surface area contributed by atoms with Crippen molar-refractivity contribution >= 4 is 17.8 Å². The number of amides is 2. The Hall–Kier alpha value is -3.15. The topological polar surface area (TPSA) is 72.9 Å². The van der Waals surface area contributed by atoms with E-state index in [0.29, 0.717) is 24.5 Å². The maximum atomic E-state index is 12.6. The highest BCUT2D eigenvalue weighted by Crippen LogP contribution is 2.29. The lowest BCUT2D eigenvalue weighted by Crippen LogP contribution is -2.38. The van der Waals surface area contributed by atoms with Gasteiger partial charge in [-0.05, 0) is 69.9 Å². The Balaban J connectivity index is 1.54. The molecule has 152 valence electrons. The summed E-state index contributed by atoms with van der Waals surface area (Å²) in [5, 5.41) is 0.557. The van der Waals surface area contributed by atoms with Gasteiger partial charge in [0.2, 0.25) is 0 Å². The van der Waals surface area contributed by atoms with Gasteiger partial charge >= 0.3 is 5.97 Å². The minimum atomic E-state index is -0.875. The highest BCUT2D eigenvalue weighted by molar-refractivity contribution is 6.20. The molecule has 1 heterocycles. The molecule has 3 rings (SSSR count). The molecule has 0 atom stereocenters. The van der Waals surface area contributed by atoms with E-state index in [1.807, 2.05) is 32.0 Å². The lowest BCUT2D eigenvalue weighted by Gasteiger charge is -2.24. The van der Waals surface area contributed by atoms with Crippen LogP contribution in [0.4, 0.5) is 0 Å². The van der Waals surface area contributed by atoms with Crippen LogP contribution in [0.5, 0.6) is 5.75 Å². The van der Waals surface area contributed by atoms with Crippen molar-refractivity contribution in [1.82, 2.24) is 5.06 Å². The first-order valence-corrected chi connectivity index (χ1v) is 9.61. The zero-order valence-corrected chi connectivity index (χ0v) is 17.2. The summed E-state index contributed by atoms with van der Waals surface area (Å²) in [5.41, 5.74) is 1.78. The highest BCUT2D eigenvalue weighted by atomic mass is 16.7. The number of carbonyl (C=O) groups excluding carboxylic acids is 3. The van der Waals surface area contributed by atoms with Crippen LogP contribution >= 0.6 is 0 Å². The lowest BCUT2D eigenvalue weighted by atomic mass is 9.88. The summed E-state index contributed by atoms with van der Waals surface area (Å²) in [6, 6.07) is 12.4. The van der Waals surface area contributed by atoms with Crippen LogP contribution in [0, 0.1) is 19.3 Å². The monoisotopic (exact) mass is 395 g/mol. The molecule has 0 unspecified atom stereocenters. The molecular weight excluding hydrogens is 370 g/mol. The number of carbonyl (C=O) groups is 3. The standard InChI is InChI=1S/C23H25NO5/c1-15-10-11-16(2)19(14-15)28-13-7-12-23(3,4)22(27)29-24-20(25)17-8-5-6-9-18(17)21(24)26/h5-6,8-11,14H,7,12-13H2,1-4H3. The van der Waals surface area contributed by atoms with Crippen LogP contribution in [-0.4, -0.2) is 29.5 Å². The Kier molecular flexibility index (Phi) is 5.73. The summed E-state index contributed by atoms with van der Waals surface area (Å²) in [7, 11) is 0. The Morgan fingerprint density at radius 2 is 1.62 bits per heavy atom. The van der Waals surface area contributed by atoms with Gasteiger partial charge in [0.05, 0.1) is 23.1 Å². The minimum Gasteiger partial charge on any atom is -0.493 e. The van der Waals surface area contributed by atoms with Crippen LogP contribution in [0.25, 0.3) is 0 Å². The summed E-state index contributed by atoms with van der Waals surface area (Å²) < 4.78 is 5.83. The smallest absolute Gasteiger partial charge is 0.338 e. The molecule has 1 aliphatic rings. The van der Waals surface area contributed by atoms with Crippen LogP contribution in [-0.2, 0) is 9.63 Å². The second-order valence-corrected chi connectivity index (χ2v) is 7.93. The van der Waals surface area contributed by atoms with E-state index in [1.165, 1.54) is 0 Å². The SMILES string of the molecule is Cc1ccc(C)c(OCCCC(C)(C)C(=O)ON2C(=O)c3ccccc3C2=O)c1. The maximum absolute atomic E-state index is 12.6. The summed E-state index contributed by atoms with van der Waals surface area (Å²) in [5.74, 6) is -1.03. The number of fused-ring (bicyclic) bond motifs is 1. The molecule has 0 saturated carbocycles. The number of ether oxygens (including phenoxy) is 1. The average Bonchev–Trinajstić information content (AvgIpc) is 2.93. The van der Waals surface area contributed by atoms with E-state index in [0.717, 1.165) is 16.9 Å². The Bertz CT molecular complexity index is 928. The van der Waals surface area contributed by atoms with Crippen molar-refractivity contribution in [3.63, 3.8) is 0 Å². The highest BCUT2D eigenvalue weighted by Gasteiger charge is 2.41. The number of benzene rings is 2. The van der Waals surface area contributed by atoms with Crippen LogP contribution in [0.15, 0.2) is 42.5 Å². The Labute approximate surface area is 170 Å². The molecule has 0 saturated heterocycles. The fourth-order valence-electron chi connectivity index (χ4n) is 3.12. The van der Waals surface area contributed by atoms with Crippen molar-refractivity contribution in [2.45, 2.75) is 40.5 Å². The van der Waals surface area contributed by atoms with Gasteiger partial charge < -0.3 is 9.57 Å². The first-order chi connectivity index (χ1) is 13.7. The Morgan fingerprint density at radius 3 is 2.24 bits per heavy atom. The summed E-state index contributed by atoms with van der Waals surface area (Å²) in [6.45, 7) is 7.90. The predicted molar refractivity (Wildman–Crippen MR) is 107 cm³/mol. The van der Waals surface area contributed by atoms with Gasteiger partial charge in [-0.15, -0.1) is 0 Å². The van der Waals surface area contributed by atoms with Crippen LogP contribution in [0.2, 0.25) is 0 Å². The van der Waals surface area contributed by atoms with Gasteiger partial charge in [-0.1, -0.05) is 29.3 Å². The van der Waals surface area contributed by atoms with Crippen molar-refractivity contribution in [3.8, 4) is 5.75 Å². The number of hydrogen-bond donors (Lipinski definition) is 0. The fraction of sp³-hybridized carbons (Fsp3) is 0.348. The predicted octanol–water partition coefficient (Wildman–Crippen LogP) is 4.24. The van der Waals surface area contributed by atoms with Crippen molar-refractivity contribution in [1.29, 1.82) is 0 Å². The third-order valence-electron chi connectivity index (χ3n) is 5.03. The molecule has 0 bridgehead atoms. The molecule has 0 fully saturated rings. The number of hydrogen-bond acceptors (Lipinski definition) is 5. The van der Waals surface area contributed by atoms with Crippen LogP contribution < -0.4 is 4.74 Å². The molecule has 0 aromatic heterocycles. The number of hydroxylamine groups is 2. The molecule has 0 radical (unpaired) electrons. The van der Waals surface area contributed by atoms with Crippen LogP contribution in [0.1, 0.15) is 58.5 Å². The molecule has 6 nitrogen and oxygen atoms in total. The van der Waals surface area contributed by atoms with Crippen molar-refractivity contribution in [2.24, 2.45) is 5.41 Å². The van der Waals surface area contributed by atoms with Gasteiger partial charge in [0.1, 0.15) is 5.75 Å². The third-order valence-corrected chi connectivity index (χ3v) is 5.03. The lowest BCUT2D eigenvalue weighted by molar-refractivity contribution is -0.179. The van der Waals surface area contributed by atoms with Gasteiger partial charge in [-0.3, -0.25) is 9.59 Å². The normalized spacial score (nSPS) is 13.4. The first kappa shape index (κ1) is 20.6. The first-order valence-electron chi connectivity index (χ1n) is 9.61. The minimum absolute atomic E-state index is 0.241. The maximum Gasteiger partial charge on any atom is 0.338 e. The quantitative estimate of drug-likeness (QED) is 0.518. The summed E-state index contributed by atoms with van der Waals surface area (Å²) >= 11 is 0. The number of imide groups is 1. The molecule has 2 aromatic rings. The summed E-state index contributed by atoms with van der Waals surface area (Å²) in [4.78, 5) is 42.5. The van der Waals surface area contributed by atoms with Crippen LogP contribution in [0.3, 0.4) is 0 Å². The molecule has 2 aromatic carbocycles. The number of aryl methyl sites for hydroxylation is 2. The van der Waals surface area contributed by atoms with Gasteiger partial charge in [-0.2, -0.15) is 0 Å². The van der Waals surface area contributed by atoms with E-state index in [9.17, 15) is 14.4 Å². The molecule has 0 spiro atoms. The van der Waals surface area contributed by atoms with Crippen molar-refractivity contribution < 1.29 is 24.0 Å². The summed E-state index contributed by atoms with van der Waals surface area (Å²) in [6.07, 6.45) is 1.11. The average molecular weight is 395 g/mol. The number of rotatable bonds is 7. The second kappa shape index (κ2) is 8.07. The second-order valence-electron chi connectivity index (χ2n) is 7.93. The molecular formula is C23H25NO5. The molecule has 1 aliphatic heterocycles. The van der Waals surface area contributed by atoms with Gasteiger partial charge in [0.25, 0.3) is 11.8 Å².